The van der Waals surface area contributed by atoms with Gasteiger partial charge in [0.15, 0.2) is 0 Å². The molecule has 0 saturated carbocycles. The number of aryl methyl sites for hydroxylation is 1. The lowest BCUT2D eigenvalue weighted by atomic mass is 10.1. The Kier molecular flexibility index (Phi) is 8.00. The van der Waals surface area contributed by atoms with Gasteiger partial charge in [-0.05, 0) is 43.7 Å². The molecular weight excluding hydrogens is 408 g/mol. The maximum Gasteiger partial charge on any atom is 0.329 e. The zero-order chi connectivity index (χ0) is 19.6. The highest BCUT2D eigenvalue weighted by Gasteiger charge is 2.11. The molecule has 3 N–H and O–H groups in total. The number of hydrazone groups is 1. The summed E-state index contributed by atoms with van der Waals surface area (Å²) >= 11 is 3.43. The zero-order valence-corrected chi connectivity index (χ0v) is 17.0. The van der Waals surface area contributed by atoms with Gasteiger partial charge in [-0.2, -0.15) is 5.10 Å². The summed E-state index contributed by atoms with van der Waals surface area (Å²) in [6, 6.07) is 13.7. The van der Waals surface area contributed by atoms with Crippen LogP contribution < -0.4 is 16.1 Å². The van der Waals surface area contributed by atoms with Crippen molar-refractivity contribution in [3.05, 3.63) is 58.1 Å². The number of carbonyl (C=O) groups excluding carboxylic acids is 2. The Morgan fingerprint density at radius 3 is 2.56 bits per heavy atom. The van der Waals surface area contributed by atoms with E-state index in [1.165, 1.54) is 11.8 Å². The standard InChI is InChI=1S/C20H23BrN4O2/c1-3-4-11-22-19(26)20(27)25-23-13-15-12-16(21)7-10-18(15)24-17-8-5-14(2)6-9-17/h5-10,12-13,24H,3-4,11H2,1-2H3,(H,22,26)(H,25,27)/b23-13-. The Hall–Kier alpha value is -2.67. The lowest BCUT2D eigenvalue weighted by molar-refractivity contribution is -0.139. The van der Waals surface area contributed by atoms with Gasteiger partial charge in [-0.25, -0.2) is 5.43 Å². The quantitative estimate of drug-likeness (QED) is 0.270. The molecule has 6 nitrogen and oxygen atoms in total. The number of carbonyl (C=O) groups is 2. The lowest BCUT2D eigenvalue weighted by Crippen LogP contribution is -2.38. The fourth-order valence-electron chi connectivity index (χ4n) is 2.22. The minimum atomic E-state index is -0.787. The van der Waals surface area contributed by atoms with Gasteiger partial charge in [0, 0.05) is 28.0 Å². The third-order valence-corrected chi connectivity index (χ3v) is 4.23. The highest BCUT2D eigenvalue weighted by Crippen LogP contribution is 2.23. The van der Waals surface area contributed by atoms with Gasteiger partial charge in [0.2, 0.25) is 0 Å². The Labute approximate surface area is 167 Å². The molecule has 7 heteroatoms. The second-order valence-corrected chi connectivity index (χ2v) is 6.95. The van der Waals surface area contributed by atoms with Gasteiger partial charge in [-0.1, -0.05) is 47.0 Å². The molecule has 0 radical (unpaired) electrons. The largest absolute Gasteiger partial charge is 0.355 e. The van der Waals surface area contributed by atoms with Crippen molar-refractivity contribution < 1.29 is 9.59 Å². The molecule has 142 valence electrons. The minimum Gasteiger partial charge on any atom is -0.355 e. The summed E-state index contributed by atoms with van der Waals surface area (Å²) in [5.74, 6) is -1.47. The summed E-state index contributed by atoms with van der Waals surface area (Å²) in [6.45, 7) is 4.52. The van der Waals surface area contributed by atoms with E-state index in [2.05, 4.69) is 37.1 Å². The van der Waals surface area contributed by atoms with Crippen LogP contribution in [0.3, 0.4) is 0 Å². The number of anilines is 2. The number of amides is 2. The monoisotopic (exact) mass is 430 g/mol. The predicted molar refractivity (Wildman–Crippen MR) is 112 cm³/mol. The van der Waals surface area contributed by atoms with E-state index in [0.717, 1.165) is 34.3 Å². The molecule has 0 aliphatic carbocycles. The van der Waals surface area contributed by atoms with Crippen molar-refractivity contribution in [2.45, 2.75) is 26.7 Å². The topological polar surface area (TPSA) is 82.6 Å². The minimum absolute atomic E-state index is 0.475. The maximum atomic E-state index is 11.7. The van der Waals surface area contributed by atoms with Crippen molar-refractivity contribution in [2.75, 3.05) is 11.9 Å². The molecule has 2 aromatic rings. The fourth-order valence-corrected chi connectivity index (χ4v) is 2.60. The number of rotatable bonds is 7. The van der Waals surface area contributed by atoms with Gasteiger partial charge in [0.25, 0.3) is 0 Å². The van der Waals surface area contributed by atoms with Crippen molar-refractivity contribution in [2.24, 2.45) is 5.10 Å². The van der Waals surface area contributed by atoms with Crippen molar-refractivity contribution in [1.29, 1.82) is 0 Å². The first-order valence-corrected chi connectivity index (χ1v) is 9.53. The molecule has 2 rings (SSSR count). The van der Waals surface area contributed by atoms with Gasteiger partial charge in [-0.3, -0.25) is 9.59 Å². The van der Waals surface area contributed by atoms with Crippen molar-refractivity contribution in [3.8, 4) is 0 Å². The first-order valence-electron chi connectivity index (χ1n) is 8.74. The van der Waals surface area contributed by atoms with Gasteiger partial charge in [0.1, 0.15) is 0 Å². The first kappa shape index (κ1) is 20.6. The van der Waals surface area contributed by atoms with Crippen LogP contribution in [0.5, 0.6) is 0 Å². The Morgan fingerprint density at radius 1 is 1.11 bits per heavy atom. The van der Waals surface area contributed by atoms with Crippen LogP contribution >= 0.6 is 15.9 Å². The van der Waals surface area contributed by atoms with E-state index in [4.69, 9.17) is 0 Å². The van der Waals surface area contributed by atoms with Crippen LogP contribution in [-0.4, -0.2) is 24.6 Å². The van der Waals surface area contributed by atoms with E-state index >= 15 is 0 Å². The highest BCUT2D eigenvalue weighted by molar-refractivity contribution is 9.10. The summed E-state index contributed by atoms with van der Waals surface area (Å²) < 4.78 is 0.877. The molecule has 0 saturated heterocycles. The predicted octanol–water partition coefficient (Wildman–Crippen LogP) is 3.87. The van der Waals surface area contributed by atoms with Crippen LogP contribution in [0.1, 0.15) is 30.9 Å². The molecule has 2 amide bonds. The molecule has 27 heavy (non-hydrogen) atoms. The molecule has 0 unspecified atom stereocenters. The summed E-state index contributed by atoms with van der Waals surface area (Å²) in [5.41, 5.74) is 5.96. The van der Waals surface area contributed by atoms with E-state index < -0.39 is 11.8 Å². The Balaban J connectivity index is 2.03. The van der Waals surface area contributed by atoms with Crippen molar-refractivity contribution in [1.82, 2.24) is 10.7 Å². The average Bonchev–Trinajstić information content (AvgIpc) is 2.65. The number of unbranched alkanes of at least 4 members (excludes halogenated alkanes) is 1. The summed E-state index contributed by atoms with van der Waals surface area (Å²) in [7, 11) is 0. The van der Waals surface area contributed by atoms with E-state index in [1.54, 1.807) is 0 Å². The molecule has 0 spiro atoms. The number of halogens is 1. The van der Waals surface area contributed by atoms with Crippen LogP contribution in [-0.2, 0) is 9.59 Å². The van der Waals surface area contributed by atoms with E-state index in [0.29, 0.717) is 6.54 Å². The van der Waals surface area contributed by atoms with Crippen molar-refractivity contribution in [3.63, 3.8) is 0 Å². The van der Waals surface area contributed by atoms with Gasteiger partial charge in [-0.15, -0.1) is 0 Å². The molecular formula is C20H23BrN4O2. The Morgan fingerprint density at radius 2 is 1.85 bits per heavy atom. The van der Waals surface area contributed by atoms with Crippen LogP contribution in [0, 0.1) is 6.92 Å². The third kappa shape index (κ3) is 6.86. The third-order valence-electron chi connectivity index (χ3n) is 3.74. The Bertz CT molecular complexity index is 819. The first-order chi connectivity index (χ1) is 13.0. The smallest absolute Gasteiger partial charge is 0.329 e. The maximum absolute atomic E-state index is 11.7. The van der Waals surface area contributed by atoms with Crippen LogP contribution in [0.2, 0.25) is 0 Å². The average molecular weight is 431 g/mol. The summed E-state index contributed by atoms with van der Waals surface area (Å²) in [5, 5.41) is 9.77. The zero-order valence-electron chi connectivity index (χ0n) is 15.4. The molecule has 2 aromatic carbocycles. The molecule has 0 aliphatic heterocycles. The number of benzene rings is 2. The normalized spacial score (nSPS) is 10.6. The molecule has 0 heterocycles. The second kappa shape index (κ2) is 10.5. The van der Waals surface area contributed by atoms with Gasteiger partial charge < -0.3 is 10.6 Å². The van der Waals surface area contributed by atoms with E-state index in [9.17, 15) is 9.59 Å². The van der Waals surface area contributed by atoms with E-state index in [1.807, 2.05) is 56.3 Å². The van der Waals surface area contributed by atoms with Crippen LogP contribution in [0.25, 0.3) is 0 Å². The number of hydrogen-bond acceptors (Lipinski definition) is 4. The second-order valence-electron chi connectivity index (χ2n) is 6.03. The number of hydrogen-bond donors (Lipinski definition) is 3. The SMILES string of the molecule is CCCCNC(=O)C(=O)N/N=C\c1cc(Br)ccc1Nc1ccc(C)cc1. The van der Waals surface area contributed by atoms with Crippen molar-refractivity contribution >= 4 is 45.3 Å². The molecule has 0 aromatic heterocycles. The van der Waals surface area contributed by atoms with Crippen LogP contribution in [0.15, 0.2) is 52.0 Å². The van der Waals surface area contributed by atoms with Gasteiger partial charge in [0.05, 0.1) is 6.21 Å². The summed E-state index contributed by atoms with van der Waals surface area (Å²) in [6.07, 6.45) is 3.27. The fraction of sp³-hybridized carbons (Fsp3) is 0.250. The lowest BCUT2D eigenvalue weighted by Gasteiger charge is -2.10. The van der Waals surface area contributed by atoms with E-state index in [-0.39, 0.29) is 0 Å². The highest BCUT2D eigenvalue weighted by atomic mass is 79.9. The van der Waals surface area contributed by atoms with Gasteiger partial charge >= 0.3 is 11.8 Å². The molecule has 0 bridgehead atoms. The molecule has 0 aliphatic rings. The molecule has 0 fully saturated rings. The van der Waals surface area contributed by atoms with Crippen LogP contribution in [0.4, 0.5) is 11.4 Å². The number of nitrogens with one attached hydrogen (secondary N) is 3. The summed E-state index contributed by atoms with van der Waals surface area (Å²) in [4.78, 5) is 23.4. The number of nitrogens with zero attached hydrogens (tertiary/aromatic N) is 1. The molecule has 0 atom stereocenters.